The van der Waals surface area contributed by atoms with Crippen LogP contribution in [0.5, 0.6) is 0 Å². The zero-order valence-electron chi connectivity index (χ0n) is 18.6. The van der Waals surface area contributed by atoms with Crippen LogP contribution in [0.25, 0.3) is 21.7 Å². The molecule has 1 aliphatic rings. The van der Waals surface area contributed by atoms with E-state index in [1.54, 1.807) is 6.20 Å². The third-order valence-electron chi connectivity index (χ3n) is 7.14. The minimum atomic E-state index is -1.39. The number of rotatable bonds is 4. The van der Waals surface area contributed by atoms with E-state index in [-0.39, 0.29) is 0 Å². The van der Waals surface area contributed by atoms with Gasteiger partial charge in [0.1, 0.15) is 0 Å². The number of benzene rings is 3. The minimum Gasteiger partial charge on any atom is -0.374 e. The molecule has 0 saturated heterocycles. The second-order valence-corrected chi connectivity index (χ2v) is 9.11. The van der Waals surface area contributed by atoms with Crippen molar-refractivity contribution in [3.05, 3.63) is 108 Å². The van der Waals surface area contributed by atoms with Gasteiger partial charge >= 0.3 is 0 Å². The summed E-state index contributed by atoms with van der Waals surface area (Å²) in [5.74, 6) is 0. The summed E-state index contributed by atoms with van der Waals surface area (Å²) in [6.07, 6.45) is 9.95. The Hall–Kier alpha value is -3.50. The van der Waals surface area contributed by atoms with Crippen LogP contribution in [-0.2, 0) is 5.60 Å². The Morgan fingerprint density at radius 1 is 0.788 bits per heavy atom. The molecule has 1 fully saturated rings. The molecule has 0 spiro atoms. The third-order valence-corrected chi connectivity index (χ3v) is 7.14. The first-order chi connectivity index (χ1) is 16.2. The number of aromatic nitrogens is 3. The van der Waals surface area contributed by atoms with Gasteiger partial charge in [0, 0.05) is 17.0 Å². The van der Waals surface area contributed by atoms with Crippen LogP contribution in [0.2, 0.25) is 0 Å². The molecule has 0 aliphatic heterocycles. The lowest BCUT2D eigenvalue weighted by Crippen LogP contribution is -2.30. The zero-order chi connectivity index (χ0) is 22.3. The molecule has 1 aliphatic carbocycles. The van der Waals surface area contributed by atoms with E-state index in [0.29, 0.717) is 11.7 Å². The van der Waals surface area contributed by atoms with E-state index in [9.17, 15) is 5.11 Å². The van der Waals surface area contributed by atoms with Crippen LogP contribution in [0, 0.1) is 0 Å². The van der Waals surface area contributed by atoms with Crippen molar-refractivity contribution < 1.29 is 5.11 Å². The number of hydrogen-bond donors (Lipinski definition) is 1. The molecule has 6 rings (SSSR count). The van der Waals surface area contributed by atoms with Crippen LogP contribution < -0.4 is 0 Å². The van der Waals surface area contributed by atoms with E-state index < -0.39 is 5.60 Å². The third kappa shape index (κ3) is 3.33. The van der Waals surface area contributed by atoms with Crippen molar-refractivity contribution in [2.24, 2.45) is 0 Å². The minimum absolute atomic E-state index is 0.467. The lowest BCUT2D eigenvalue weighted by atomic mass is 9.81. The lowest BCUT2D eigenvalue weighted by Gasteiger charge is -2.30. The Bertz CT molecular complexity index is 1410. The normalized spacial score (nSPS) is 16.8. The molecular weight excluding hydrogens is 406 g/mol. The Labute approximate surface area is 193 Å². The van der Waals surface area contributed by atoms with Crippen LogP contribution in [0.4, 0.5) is 0 Å². The van der Waals surface area contributed by atoms with Crippen molar-refractivity contribution in [1.82, 2.24) is 14.8 Å². The van der Waals surface area contributed by atoms with Crippen molar-refractivity contribution in [2.45, 2.75) is 43.7 Å². The number of fused-ring (bicyclic) bond motifs is 2. The molecule has 1 unspecified atom stereocenters. The molecule has 1 saturated carbocycles. The highest BCUT2D eigenvalue weighted by atomic mass is 16.3. The van der Waals surface area contributed by atoms with E-state index in [1.165, 1.54) is 32.1 Å². The van der Waals surface area contributed by atoms with Gasteiger partial charge in [-0.1, -0.05) is 79.9 Å². The van der Waals surface area contributed by atoms with Crippen LogP contribution in [0.15, 0.2) is 91.3 Å². The monoisotopic (exact) mass is 433 g/mol. The van der Waals surface area contributed by atoms with Crippen molar-refractivity contribution in [1.29, 1.82) is 0 Å². The fourth-order valence-corrected chi connectivity index (χ4v) is 5.42. The topological polar surface area (TPSA) is 50.9 Å². The highest BCUT2D eigenvalue weighted by molar-refractivity contribution is 5.87. The molecule has 1 N–H and O–H groups in total. The summed E-state index contributed by atoms with van der Waals surface area (Å²) >= 11 is 0. The maximum Gasteiger partial charge on any atom is 0.157 e. The summed E-state index contributed by atoms with van der Waals surface area (Å²) in [5.41, 5.74) is 1.99. The molecule has 5 aromatic rings. The molecule has 164 valence electrons. The molecule has 0 amide bonds. The van der Waals surface area contributed by atoms with E-state index in [1.807, 2.05) is 66.9 Å². The number of hydrogen-bond acceptors (Lipinski definition) is 3. The SMILES string of the molecule is OC(c1ccccc1)(c1ccc2c(cnn2C2CCCCC2)c1)c1nccc2ccccc12. The maximum atomic E-state index is 12.4. The molecule has 3 aromatic carbocycles. The second-order valence-electron chi connectivity index (χ2n) is 9.11. The smallest absolute Gasteiger partial charge is 0.157 e. The largest absolute Gasteiger partial charge is 0.374 e. The molecule has 0 bridgehead atoms. The predicted molar refractivity (Wildman–Crippen MR) is 132 cm³/mol. The Morgan fingerprint density at radius 2 is 1.58 bits per heavy atom. The summed E-state index contributed by atoms with van der Waals surface area (Å²) in [5, 5.41) is 20.3. The van der Waals surface area contributed by atoms with E-state index in [0.717, 1.165) is 32.8 Å². The average molecular weight is 434 g/mol. The van der Waals surface area contributed by atoms with E-state index in [4.69, 9.17) is 10.1 Å². The zero-order valence-corrected chi connectivity index (χ0v) is 18.6. The van der Waals surface area contributed by atoms with Gasteiger partial charge in [-0.25, -0.2) is 0 Å². The molecule has 1 atom stereocenters. The second kappa shape index (κ2) is 8.13. The van der Waals surface area contributed by atoms with Gasteiger partial charge in [0.05, 0.1) is 23.4 Å². The van der Waals surface area contributed by atoms with Crippen molar-refractivity contribution in [2.75, 3.05) is 0 Å². The summed E-state index contributed by atoms with van der Waals surface area (Å²) in [4.78, 5) is 4.72. The summed E-state index contributed by atoms with van der Waals surface area (Å²) in [6, 6.07) is 26.6. The van der Waals surface area contributed by atoms with Gasteiger partial charge in [-0.05, 0) is 47.6 Å². The van der Waals surface area contributed by atoms with Crippen LogP contribution >= 0.6 is 0 Å². The van der Waals surface area contributed by atoms with Gasteiger partial charge in [-0.3, -0.25) is 9.67 Å². The quantitative estimate of drug-likeness (QED) is 0.358. The molecule has 0 radical (unpaired) electrons. The fourth-order valence-electron chi connectivity index (χ4n) is 5.42. The first-order valence-corrected chi connectivity index (χ1v) is 11.8. The summed E-state index contributed by atoms with van der Waals surface area (Å²) in [6.45, 7) is 0. The predicted octanol–water partition coefficient (Wildman–Crippen LogP) is 6.37. The Kier molecular flexibility index (Phi) is 4.96. The highest BCUT2D eigenvalue weighted by Gasteiger charge is 2.37. The summed E-state index contributed by atoms with van der Waals surface area (Å²) < 4.78 is 2.19. The standard InChI is InChI=1S/C29H27N3O/c33-29(23-10-3-1-4-11-23,28-26-14-8-7-9-21(26)17-18-30-28)24-15-16-27-22(19-24)20-31-32(27)25-12-5-2-6-13-25/h1,3-4,7-11,14-20,25,33H,2,5-6,12-13H2. The fraction of sp³-hybridized carbons (Fsp3) is 0.241. The van der Waals surface area contributed by atoms with Gasteiger partial charge in [0.25, 0.3) is 0 Å². The Morgan fingerprint density at radius 3 is 2.42 bits per heavy atom. The van der Waals surface area contributed by atoms with Crippen LogP contribution in [0.3, 0.4) is 0 Å². The van der Waals surface area contributed by atoms with Gasteiger partial charge in [-0.15, -0.1) is 0 Å². The van der Waals surface area contributed by atoms with Gasteiger partial charge in [0.2, 0.25) is 0 Å². The average Bonchev–Trinajstić information content (AvgIpc) is 3.32. The molecule has 33 heavy (non-hydrogen) atoms. The lowest BCUT2D eigenvalue weighted by molar-refractivity contribution is 0.123. The number of nitrogens with zero attached hydrogens (tertiary/aromatic N) is 3. The molecule has 4 nitrogen and oxygen atoms in total. The van der Waals surface area contributed by atoms with Gasteiger partial charge in [-0.2, -0.15) is 5.10 Å². The molecule has 2 heterocycles. The maximum absolute atomic E-state index is 12.4. The summed E-state index contributed by atoms with van der Waals surface area (Å²) in [7, 11) is 0. The first-order valence-electron chi connectivity index (χ1n) is 11.8. The van der Waals surface area contributed by atoms with Crippen molar-refractivity contribution >= 4 is 21.7 Å². The number of aliphatic hydroxyl groups is 1. The van der Waals surface area contributed by atoms with Gasteiger partial charge in [0.15, 0.2) is 5.60 Å². The van der Waals surface area contributed by atoms with E-state index >= 15 is 0 Å². The molecular formula is C29H27N3O. The van der Waals surface area contributed by atoms with Crippen LogP contribution in [0.1, 0.15) is 55.0 Å². The van der Waals surface area contributed by atoms with Crippen molar-refractivity contribution in [3.8, 4) is 0 Å². The molecule has 4 heteroatoms. The molecule has 2 aromatic heterocycles. The van der Waals surface area contributed by atoms with Crippen LogP contribution in [-0.4, -0.2) is 19.9 Å². The van der Waals surface area contributed by atoms with E-state index in [2.05, 4.69) is 22.9 Å². The first kappa shape index (κ1) is 20.1. The van der Waals surface area contributed by atoms with Gasteiger partial charge < -0.3 is 5.11 Å². The number of pyridine rings is 1. The van der Waals surface area contributed by atoms with Crippen molar-refractivity contribution in [3.63, 3.8) is 0 Å². The highest BCUT2D eigenvalue weighted by Crippen LogP contribution is 2.40. The Balaban J connectivity index is 1.55.